The molecule has 0 aliphatic carbocycles. The number of thiazole rings is 1. The van der Waals surface area contributed by atoms with Gasteiger partial charge in [-0.15, -0.1) is 22.7 Å². The van der Waals surface area contributed by atoms with Crippen LogP contribution in [0.15, 0.2) is 53.2 Å². The van der Waals surface area contributed by atoms with Gasteiger partial charge in [-0.25, -0.2) is 4.98 Å². The predicted molar refractivity (Wildman–Crippen MR) is 120 cm³/mol. The first-order valence-electron chi connectivity index (χ1n) is 9.96. The van der Waals surface area contributed by atoms with E-state index in [2.05, 4.69) is 15.2 Å². The topological polar surface area (TPSA) is 65.5 Å². The fourth-order valence-corrected chi connectivity index (χ4v) is 5.01. The highest BCUT2D eigenvalue weighted by Gasteiger charge is 2.23. The normalized spacial score (nSPS) is 14.6. The van der Waals surface area contributed by atoms with Crippen LogP contribution in [0.2, 0.25) is 0 Å². The van der Waals surface area contributed by atoms with Crippen molar-refractivity contribution in [3.63, 3.8) is 0 Å². The van der Waals surface area contributed by atoms with Crippen LogP contribution in [0.25, 0.3) is 9.88 Å². The summed E-state index contributed by atoms with van der Waals surface area (Å²) in [6, 6.07) is 13.9. The summed E-state index contributed by atoms with van der Waals surface area (Å²) >= 11 is 3.24. The van der Waals surface area contributed by atoms with E-state index in [4.69, 9.17) is 0 Å². The average Bonchev–Trinajstić information content (AvgIpc) is 3.45. The Morgan fingerprint density at radius 2 is 1.80 bits per heavy atom. The van der Waals surface area contributed by atoms with Gasteiger partial charge in [-0.1, -0.05) is 36.4 Å². The molecule has 1 saturated heterocycles. The standard InChI is InChI=1S/C22H24N4O2S2/c27-20(23-14-17-5-2-1-3-6-17)15-25-8-10-26(11-9-25)21(28)13-18-16-30-22(24-18)19-7-4-12-29-19/h1-7,12,16H,8-11,13-15H2,(H,23,27). The second-order valence-electron chi connectivity index (χ2n) is 7.22. The molecule has 0 saturated carbocycles. The van der Waals surface area contributed by atoms with Gasteiger partial charge in [-0.05, 0) is 17.0 Å². The first-order chi connectivity index (χ1) is 14.7. The van der Waals surface area contributed by atoms with E-state index in [1.165, 1.54) is 0 Å². The van der Waals surface area contributed by atoms with Crippen LogP contribution < -0.4 is 5.32 Å². The number of nitrogens with one attached hydrogen (secondary N) is 1. The molecule has 0 radical (unpaired) electrons. The van der Waals surface area contributed by atoms with Crippen molar-refractivity contribution in [2.45, 2.75) is 13.0 Å². The highest BCUT2D eigenvalue weighted by Crippen LogP contribution is 2.28. The van der Waals surface area contributed by atoms with Crippen molar-refractivity contribution in [2.24, 2.45) is 0 Å². The fourth-order valence-electron chi connectivity index (χ4n) is 3.38. The van der Waals surface area contributed by atoms with Crippen molar-refractivity contribution in [1.82, 2.24) is 20.1 Å². The highest BCUT2D eigenvalue weighted by atomic mass is 32.1. The number of hydrogen-bond donors (Lipinski definition) is 1. The fraction of sp³-hybridized carbons (Fsp3) is 0.318. The minimum absolute atomic E-state index is 0.0159. The van der Waals surface area contributed by atoms with Gasteiger partial charge in [-0.2, -0.15) is 0 Å². The number of aromatic nitrogens is 1. The lowest BCUT2D eigenvalue weighted by molar-refractivity contribution is -0.132. The highest BCUT2D eigenvalue weighted by molar-refractivity contribution is 7.20. The van der Waals surface area contributed by atoms with Crippen LogP contribution in [-0.4, -0.2) is 59.3 Å². The molecule has 0 unspecified atom stereocenters. The van der Waals surface area contributed by atoms with Crippen molar-refractivity contribution < 1.29 is 9.59 Å². The molecule has 1 aliphatic heterocycles. The number of nitrogens with zero attached hydrogens (tertiary/aromatic N) is 3. The van der Waals surface area contributed by atoms with E-state index in [0.717, 1.165) is 21.1 Å². The minimum atomic E-state index is 0.0159. The molecule has 156 valence electrons. The smallest absolute Gasteiger partial charge is 0.234 e. The summed E-state index contributed by atoms with van der Waals surface area (Å²) in [4.78, 5) is 34.6. The SMILES string of the molecule is O=C(CN1CCN(C(=O)Cc2csc(-c3cccs3)n2)CC1)NCc1ccccc1. The largest absolute Gasteiger partial charge is 0.351 e. The molecule has 1 fully saturated rings. The van der Waals surface area contributed by atoms with Crippen LogP contribution in [0.5, 0.6) is 0 Å². The minimum Gasteiger partial charge on any atom is -0.351 e. The maximum absolute atomic E-state index is 12.6. The van der Waals surface area contributed by atoms with E-state index in [1.807, 2.05) is 58.1 Å². The average molecular weight is 441 g/mol. The van der Waals surface area contributed by atoms with Gasteiger partial charge < -0.3 is 10.2 Å². The molecule has 1 N–H and O–H groups in total. The molecule has 30 heavy (non-hydrogen) atoms. The molecule has 0 bridgehead atoms. The number of carbonyl (C=O) groups excluding carboxylic acids is 2. The van der Waals surface area contributed by atoms with Gasteiger partial charge in [0.1, 0.15) is 5.01 Å². The van der Waals surface area contributed by atoms with Crippen molar-refractivity contribution in [3.8, 4) is 9.88 Å². The lowest BCUT2D eigenvalue weighted by Gasteiger charge is -2.34. The zero-order valence-electron chi connectivity index (χ0n) is 16.6. The second-order valence-corrected chi connectivity index (χ2v) is 9.02. The molecule has 3 heterocycles. The van der Waals surface area contributed by atoms with Crippen LogP contribution in [0, 0.1) is 0 Å². The molecule has 6 nitrogen and oxygen atoms in total. The van der Waals surface area contributed by atoms with Gasteiger partial charge in [0.05, 0.1) is 23.5 Å². The van der Waals surface area contributed by atoms with Crippen LogP contribution in [-0.2, 0) is 22.6 Å². The Kier molecular flexibility index (Phi) is 6.88. The van der Waals surface area contributed by atoms with Crippen molar-refractivity contribution in [1.29, 1.82) is 0 Å². The van der Waals surface area contributed by atoms with Gasteiger partial charge in [0.2, 0.25) is 11.8 Å². The van der Waals surface area contributed by atoms with Gasteiger partial charge in [0, 0.05) is 38.1 Å². The lowest BCUT2D eigenvalue weighted by atomic mass is 10.2. The Bertz CT molecular complexity index is 964. The summed E-state index contributed by atoms with van der Waals surface area (Å²) in [6.45, 7) is 3.62. The monoisotopic (exact) mass is 440 g/mol. The number of benzene rings is 1. The van der Waals surface area contributed by atoms with Crippen molar-refractivity contribution in [2.75, 3.05) is 32.7 Å². The third kappa shape index (κ3) is 5.53. The van der Waals surface area contributed by atoms with Crippen molar-refractivity contribution >= 4 is 34.5 Å². The van der Waals surface area contributed by atoms with Crippen molar-refractivity contribution in [3.05, 3.63) is 64.5 Å². The number of hydrogen-bond acceptors (Lipinski definition) is 6. The summed E-state index contributed by atoms with van der Waals surface area (Å²) in [6.07, 6.45) is 0.333. The molecule has 2 aromatic heterocycles. The molecule has 0 spiro atoms. The second kappa shape index (κ2) is 9.97. The Balaban J connectivity index is 1.19. The number of piperazine rings is 1. The Labute approximate surface area is 184 Å². The van der Waals surface area contributed by atoms with Gasteiger partial charge >= 0.3 is 0 Å². The van der Waals surface area contributed by atoms with E-state index in [-0.39, 0.29) is 11.8 Å². The van der Waals surface area contributed by atoms with Gasteiger partial charge in [0.15, 0.2) is 0 Å². The van der Waals surface area contributed by atoms with E-state index in [1.54, 1.807) is 22.7 Å². The number of thiophene rings is 1. The first kappa shape index (κ1) is 20.7. The molecule has 0 atom stereocenters. The summed E-state index contributed by atoms with van der Waals surface area (Å²) < 4.78 is 0. The number of carbonyl (C=O) groups is 2. The van der Waals surface area contributed by atoms with E-state index in [9.17, 15) is 9.59 Å². The molecule has 3 aromatic rings. The van der Waals surface area contributed by atoms with Crippen LogP contribution >= 0.6 is 22.7 Å². The number of amides is 2. The summed E-state index contributed by atoms with van der Waals surface area (Å²) in [5, 5.41) is 7.93. The lowest BCUT2D eigenvalue weighted by Crippen LogP contribution is -2.51. The van der Waals surface area contributed by atoms with Crippen LogP contribution in [0.3, 0.4) is 0 Å². The summed E-state index contributed by atoms with van der Waals surface area (Å²) in [5.74, 6) is 0.119. The molecular weight excluding hydrogens is 416 g/mol. The summed E-state index contributed by atoms with van der Waals surface area (Å²) in [5.41, 5.74) is 1.92. The van der Waals surface area contributed by atoms with E-state index < -0.39 is 0 Å². The Morgan fingerprint density at radius 1 is 1.00 bits per heavy atom. The molecule has 1 aliphatic rings. The van der Waals surface area contributed by atoms with Crippen LogP contribution in [0.4, 0.5) is 0 Å². The maximum Gasteiger partial charge on any atom is 0.234 e. The first-order valence-corrected chi connectivity index (χ1v) is 11.7. The third-order valence-corrected chi connectivity index (χ3v) is 6.97. The molecular formula is C22H24N4O2S2. The summed E-state index contributed by atoms with van der Waals surface area (Å²) in [7, 11) is 0. The molecule has 1 aromatic carbocycles. The third-order valence-electron chi connectivity index (χ3n) is 5.04. The van der Waals surface area contributed by atoms with Gasteiger partial charge in [-0.3, -0.25) is 14.5 Å². The zero-order valence-corrected chi connectivity index (χ0v) is 18.3. The van der Waals surface area contributed by atoms with E-state index >= 15 is 0 Å². The Morgan fingerprint density at radius 3 is 2.53 bits per heavy atom. The quantitative estimate of drug-likeness (QED) is 0.614. The Hall–Kier alpha value is -2.55. The predicted octanol–water partition coefficient (Wildman–Crippen LogP) is 2.87. The maximum atomic E-state index is 12.6. The van der Waals surface area contributed by atoms with Crippen LogP contribution in [0.1, 0.15) is 11.3 Å². The van der Waals surface area contributed by atoms with Gasteiger partial charge in [0.25, 0.3) is 0 Å². The molecule has 2 amide bonds. The van der Waals surface area contributed by atoms with E-state index in [0.29, 0.717) is 45.7 Å². The molecule has 4 rings (SSSR count). The molecule has 8 heteroatoms. The zero-order chi connectivity index (χ0) is 20.8. The number of rotatable bonds is 7.